The van der Waals surface area contributed by atoms with E-state index in [-0.39, 0.29) is 11.3 Å². The molecule has 2 N–H and O–H groups in total. The molecule has 5 nitrogen and oxygen atoms in total. The Balaban J connectivity index is 2.02. The number of ether oxygens (including phenoxy) is 1. The molecule has 0 saturated carbocycles. The van der Waals surface area contributed by atoms with Gasteiger partial charge in [-0.1, -0.05) is 24.3 Å². The van der Waals surface area contributed by atoms with Crippen LogP contribution in [0.1, 0.15) is 11.1 Å². The Kier molecular flexibility index (Phi) is 4.18. The zero-order valence-electron chi connectivity index (χ0n) is 11.1. The van der Waals surface area contributed by atoms with E-state index in [1.165, 1.54) is 24.6 Å². The first-order valence-corrected chi connectivity index (χ1v) is 6.12. The maximum atomic E-state index is 11.5. The number of hydrogen-bond acceptors (Lipinski definition) is 4. The molecule has 1 aromatic carbocycles. The van der Waals surface area contributed by atoms with Gasteiger partial charge in [-0.25, -0.2) is 4.98 Å². The zero-order chi connectivity index (χ0) is 13.7. The van der Waals surface area contributed by atoms with Gasteiger partial charge in [0.1, 0.15) is 0 Å². The molecule has 1 heterocycles. The van der Waals surface area contributed by atoms with Crippen LogP contribution < -0.4 is 15.6 Å². The molecular weight excluding hydrogens is 242 g/mol. The van der Waals surface area contributed by atoms with Gasteiger partial charge in [-0.3, -0.25) is 4.79 Å². The molecule has 0 radical (unpaired) electrons. The normalized spacial score (nSPS) is 10.2. The van der Waals surface area contributed by atoms with Crippen LogP contribution in [0.5, 0.6) is 5.75 Å². The average molecular weight is 259 g/mol. The molecule has 100 valence electrons. The van der Waals surface area contributed by atoms with Crippen LogP contribution in [0.3, 0.4) is 0 Å². The number of hydrogen-bond donors (Lipinski definition) is 2. The summed E-state index contributed by atoms with van der Waals surface area (Å²) in [7, 11) is 1.46. The van der Waals surface area contributed by atoms with E-state index >= 15 is 0 Å². The number of aryl methyl sites for hydroxylation is 1. The summed E-state index contributed by atoms with van der Waals surface area (Å²) < 4.78 is 5.03. The summed E-state index contributed by atoms with van der Waals surface area (Å²) in [6.07, 6.45) is 2.23. The molecule has 0 spiro atoms. The van der Waals surface area contributed by atoms with Gasteiger partial charge in [0, 0.05) is 6.54 Å². The third kappa shape index (κ3) is 3.13. The highest BCUT2D eigenvalue weighted by molar-refractivity contribution is 5.47. The van der Waals surface area contributed by atoms with Crippen molar-refractivity contribution in [3.63, 3.8) is 0 Å². The van der Waals surface area contributed by atoms with Gasteiger partial charge in [-0.2, -0.15) is 0 Å². The second-order valence-electron chi connectivity index (χ2n) is 4.22. The fraction of sp³-hybridized carbons (Fsp3) is 0.286. The van der Waals surface area contributed by atoms with Gasteiger partial charge in [0.05, 0.1) is 13.4 Å². The van der Waals surface area contributed by atoms with Crippen molar-refractivity contribution in [2.75, 3.05) is 19.0 Å². The quantitative estimate of drug-likeness (QED) is 0.858. The minimum Gasteiger partial charge on any atom is -0.489 e. The van der Waals surface area contributed by atoms with E-state index in [4.69, 9.17) is 4.74 Å². The van der Waals surface area contributed by atoms with Crippen LogP contribution in [0.4, 0.5) is 5.82 Å². The Morgan fingerprint density at radius 2 is 2.16 bits per heavy atom. The van der Waals surface area contributed by atoms with Crippen LogP contribution in [-0.4, -0.2) is 23.6 Å². The van der Waals surface area contributed by atoms with E-state index in [2.05, 4.69) is 34.3 Å². The lowest BCUT2D eigenvalue weighted by Gasteiger charge is -2.09. The average Bonchev–Trinajstić information content (AvgIpc) is 2.41. The summed E-state index contributed by atoms with van der Waals surface area (Å²) in [6, 6.07) is 8.23. The summed E-state index contributed by atoms with van der Waals surface area (Å²) in [4.78, 5) is 18.0. The van der Waals surface area contributed by atoms with Crippen molar-refractivity contribution in [3.05, 3.63) is 52.1 Å². The number of benzene rings is 1. The molecule has 0 atom stereocenters. The first-order chi connectivity index (χ1) is 9.22. The fourth-order valence-corrected chi connectivity index (χ4v) is 1.91. The van der Waals surface area contributed by atoms with Crippen molar-refractivity contribution in [2.45, 2.75) is 13.3 Å². The molecule has 1 aromatic heterocycles. The van der Waals surface area contributed by atoms with Crippen molar-refractivity contribution < 1.29 is 4.74 Å². The summed E-state index contributed by atoms with van der Waals surface area (Å²) >= 11 is 0. The van der Waals surface area contributed by atoms with Gasteiger partial charge in [0.2, 0.25) is 5.75 Å². The summed E-state index contributed by atoms with van der Waals surface area (Å²) in [5.74, 6) is 0.687. The Hall–Kier alpha value is -2.30. The van der Waals surface area contributed by atoms with Gasteiger partial charge in [0.15, 0.2) is 5.82 Å². The van der Waals surface area contributed by atoms with Crippen LogP contribution >= 0.6 is 0 Å². The van der Waals surface area contributed by atoms with E-state index in [1.807, 2.05) is 12.1 Å². The molecule has 2 rings (SSSR count). The molecule has 0 bridgehead atoms. The first-order valence-electron chi connectivity index (χ1n) is 6.12. The third-order valence-corrected chi connectivity index (χ3v) is 2.96. The van der Waals surface area contributed by atoms with Crippen LogP contribution in [0.15, 0.2) is 35.4 Å². The second-order valence-corrected chi connectivity index (χ2v) is 4.22. The van der Waals surface area contributed by atoms with Crippen molar-refractivity contribution in [3.8, 4) is 5.75 Å². The molecule has 0 aliphatic rings. The van der Waals surface area contributed by atoms with Crippen LogP contribution in [0, 0.1) is 6.92 Å². The van der Waals surface area contributed by atoms with E-state index in [1.54, 1.807) is 0 Å². The van der Waals surface area contributed by atoms with Gasteiger partial charge < -0.3 is 15.0 Å². The lowest BCUT2D eigenvalue weighted by atomic mass is 10.1. The summed E-state index contributed by atoms with van der Waals surface area (Å²) in [5, 5.41) is 3.12. The minimum atomic E-state index is -0.282. The lowest BCUT2D eigenvalue weighted by Crippen LogP contribution is -2.15. The van der Waals surface area contributed by atoms with Crippen molar-refractivity contribution in [1.82, 2.24) is 9.97 Å². The number of H-pyrrole nitrogens is 1. The molecule has 2 aromatic rings. The Morgan fingerprint density at radius 1 is 1.37 bits per heavy atom. The molecule has 19 heavy (non-hydrogen) atoms. The maximum Gasteiger partial charge on any atom is 0.295 e. The predicted molar refractivity (Wildman–Crippen MR) is 74.8 cm³/mol. The number of nitrogens with zero attached hydrogens (tertiary/aromatic N) is 1. The van der Waals surface area contributed by atoms with Crippen LogP contribution in [0.25, 0.3) is 0 Å². The summed E-state index contributed by atoms with van der Waals surface area (Å²) in [5.41, 5.74) is 2.25. The molecule has 0 aliphatic carbocycles. The van der Waals surface area contributed by atoms with Crippen molar-refractivity contribution in [1.29, 1.82) is 0 Å². The highest BCUT2D eigenvalue weighted by atomic mass is 16.5. The highest BCUT2D eigenvalue weighted by Crippen LogP contribution is 2.14. The molecule has 0 fully saturated rings. The number of anilines is 1. The van der Waals surface area contributed by atoms with Crippen molar-refractivity contribution in [2.24, 2.45) is 0 Å². The molecule has 0 aliphatic heterocycles. The number of nitrogens with one attached hydrogen (secondary N) is 2. The Labute approximate surface area is 111 Å². The largest absolute Gasteiger partial charge is 0.489 e. The van der Waals surface area contributed by atoms with Crippen LogP contribution in [-0.2, 0) is 6.42 Å². The van der Waals surface area contributed by atoms with Crippen molar-refractivity contribution >= 4 is 5.82 Å². The summed E-state index contributed by atoms with van der Waals surface area (Å²) in [6.45, 7) is 2.78. The first kappa shape index (κ1) is 13.1. The SMILES string of the molecule is COc1c(NCCc2ccccc2C)nc[nH]c1=O. The van der Waals surface area contributed by atoms with Gasteiger partial charge in [0.25, 0.3) is 5.56 Å². The predicted octanol–water partition coefficient (Wildman–Crippen LogP) is 1.74. The standard InChI is InChI=1S/C14H17N3O2/c1-10-5-3-4-6-11(10)7-8-15-13-12(19-2)14(18)17-9-16-13/h3-6,9H,7-8H2,1-2H3,(H2,15,16,17,18). The minimum absolute atomic E-state index is 0.215. The molecule has 0 saturated heterocycles. The Bertz CT molecular complexity index is 608. The zero-order valence-corrected chi connectivity index (χ0v) is 11.1. The van der Waals surface area contributed by atoms with Gasteiger partial charge >= 0.3 is 0 Å². The molecular formula is C14H17N3O2. The van der Waals surface area contributed by atoms with Gasteiger partial charge in [-0.15, -0.1) is 0 Å². The monoisotopic (exact) mass is 259 g/mol. The third-order valence-electron chi connectivity index (χ3n) is 2.96. The molecule has 0 unspecified atom stereocenters. The fourth-order valence-electron chi connectivity index (χ4n) is 1.91. The van der Waals surface area contributed by atoms with Crippen LogP contribution in [0.2, 0.25) is 0 Å². The van der Waals surface area contributed by atoms with E-state index in [0.717, 1.165) is 6.42 Å². The number of aromatic nitrogens is 2. The number of aromatic amines is 1. The maximum absolute atomic E-state index is 11.5. The lowest BCUT2D eigenvalue weighted by molar-refractivity contribution is 0.408. The number of rotatable bonds is 5. The van der Waals surface area contributed by atoms with Gasteiger partial charge in [-0.05, 0) is 24.5 Å². The molecule has 5 heteroatoms. The smallest absolute Gasteiger partial charge is 0.295 e. The van der Waals surface area contributed by atoms with E-state index < -0.39 is 0 Å². The Morgan fingerprint density at radius 3 is 2.89 bits per heavy atom. The van der Waals surface area contributed by atoms with E-state index in [9.17, 15) is 4.79 Å². The highest BCUT2D eigenvalue weighted by Gasteiger charge is 2.07. The molecule has 0 amide bonds. The van der Waals surface area contributed by atoms with E-state index in [0.29, 0.717) is 12.4 Å². The number of methoxy groups -OCH3 is 1. The topological polar surface area (TPSA) is 67.0 Å². The second kappa shape index (κ2) is 6.04.